The Morgan fingerprint density at radius 2 is 2.08 bits per heavy atom. The molecule has 1 aliphatic rings. The standard InChI is InChI=1S/C17H20N4O3/c22-17(13-20-11-16(10-18-20)21(23)24)12-19-8-6-15(7-9-19)14-4-2-1-3-5-14/h1-6,10-11,17,22H,7-9,12-13H2. The molecule has 2 heterocycles. The van der Waals surface area contributed by atoms with Crippen LogP contribution in [0.15, 0.2) is 48.8 Å². The fourth-order valence-corrected chi connectivity index (χ4v) is 2.91. The topological polar surface area (TPSA) is 84.4 Å². The molecule has 1 aromatic carbocycles. The molecule has 7 nitrogen and oxygen atoms in total. The number of aromatic nitrogens is 2. The first-order valence-electron chi connectivity index (χ1n) is 7.93. The predicted molar refractivity (Wildman–Crippen MR) is 90.4 cm³/mol. The van der Waals surface area contributed by atoms with E-state index in [1.807, 2.05) is 18.2 Å². The molecule has 1 aliphatic heterocycles. The first kappa shape index (κ1) is 16.4. The van der Waals surface area contributed by atoms with Crippen LogP contribution in [-0.4, -0.2) is 50.4 Å². The summed E-state index contributed by atoms with van der Waals surface area (Å²) >= 11 is 0. The Balaban J connectivity index is 1.51. The highest BCUT2D eigenvalue weighted by atomic mass is 16.6. The number of nitrogens with zero attached hydrogens (tertiary/aromatic N) is 4. The van der Waals surface area contributed by atoms with Crippen LogP contribution in [0.4, 0.5) is 5.69 Å². The lowest BCUT2D eigenvalue weighted by Gasteiger charge is -2.28. The van der Waals surface area contributed by atoms with Crippen LogP contribution in [0.1, 0.15) is 12.0 Å². The zero-order chi connectivity index (χ0) is 16.9. The van der Waals surface area contributed by atoms with E-state index in [4.69, 9.17) is 0 Å². The summed E-state index contributed by atoms with van der Waals surface area (Å²) in [7, 11) is 0. The maximum atomic E-state index is 10.6. The van der Waals surface area contributed by atoms with Crippen LogP contribution < -0.4 is 0 Å². The molecule has 7 heteroatoms. The Kier molecular flexibility index (Phi) is 5.02. The third kappa shape index (κ3) is 4.06. The summed E-state index contributed by atoms with van der Waals surface area (Å²) < 4.78 is 1.41. The van der Waals surface area contributed by atoms with Crippen molar-refractivity contribution in [3.63, 3.8) is 0 Å². The molecule has 0 amide bonds. The quantitative estimate of drug-likeness (QED) is 0.647. The zero-order valence-electron chi connectivity index (χ0n) is 13.3. The molecule has 2 aromatic rings. The van der Waals surface area contributed by atoms with Crippen LogP contribution in [0.25, 0.3) is 5.57 Å². The summed E-state index contributed by atoms with van der Waals surface area (Å²) in [4.78, 5) is 12.3. The molecular formula is C17H20N4O3. The number of benzene rings is 1. The van der Waals surface area contributed by atoms with E-state index >= 15 is 0 Å². The summed E-state index contributed by atoms with van der Waals surface area (Å²) in [6.07, 6.45) is 5.07. The molecule has 0 fully saturated rings. The van der Waals surface area contributed by atoms with E-state index in [1.165, 1.54) is 28.2 Å². The summed E-state index contributed by atoms with van der Waals surface area (Å²) in [5, 5.41) is 24.7. The minimum atomic E-state index is -0.615. The molecule has 0 radical (unpaired) electrons. The van der Waals surface area contributed by atoms with Gasteiger partial charge >= 0.3 is 5.69 Å². The summed E-state index contributed by atoms with van der Waals surface area (Å²) in [6.45, 7) is 2.45. The fourth-order valence-electron chi connectivity index (χ4n) is 2.91. The third-order valence-corrected chi connectivity index (χ3v) is 4.14. The van der Waals surface area contributed by atoms with E-state index in [2.05, 4.69) is 28.2 Å². The molecule has 0 spiro atoms. The predicted octanol–water partition coefficient (Wildman–Crippen LogP) is 1.94. The molecule has 0 bridgehead atoms. The van der Waals surface area contributed by atoms with Crippen molar-refractivity contribution in [1.82, 2.24) is 14.7 Å². The van der Waals surface area contributed by atoms with Gasteiger partial charge in [0.25, 0.3) is 0 Å². The highest BCUT2D eigenvalue weighted by Crippen LogP contribution is 2.22. The minimum absolute atomic E-state index is 0.0596. The van der Waals surface area contributed by atoms with Crippen molar-refractivity contribution < 1.29 is 10.0 Å². The minimum Gasteiger partial charge on any atom is -0.390 e. The number of hydrogen-bond donors (Lipinski definition) is 1. The number of aliphatic hydroxyl groups is 1. The first-order chi connectivity index (χ1) is 11.6. The molecule has 24 heavy (non-hydrogen) atoms. The van der Waals surface area contributed by atoms with Gasteiger partial charge in [-0.2, -0.15) is 5.10 Å². The lowest BCUT2D eigenvalue weighted by atomic mass is 9.99. The van der Waals surface area contributed by atoms with Gasteiger partial charge in [0.15, 0.2) is 0 Å². The molecule has 1 atom stereocenters. The van der Waals surface area contributed by atoms with E-state index in [0.29, 0.717) is 6.54 Å². The number of rotatable bonds is 6. The van der Waals surface area contributed by atoms with Crippen molar-refractivity contribution in [3.05, 3.63) is 64.5 Å². The van der Waals surface area contributed by atoms with Crippen LogP contribution in [0.2, 0.25) is 0 Å². The van der Waals surface area contributed by atoms with Gasteiger partial charge in [0.05, 0.1) is 17.6 Å². The molecule has 1 unspecified atom stereocenters. The first-order valence-corrected chi connectivity index (χ1v) is 7.93. The Hall–Kier alpha value is -2.51. The summed E-state index contributed by atoms with van der Waals surface area (Å²) in [5.41, 5.74) is 2.53. The van der Waals surface area contributed by atoms with Gasteiger partial charge in [-0.1, -0.05) is 36.4 Å². The Labute approximate surface area is 140 Å². The van der Waals surface area contributed by atoms with Gasteiger partial charge in [0, 0.05) is 19.6 Å². The maximum absolute atomic E-state index is 10.6. The average Bonchev–Trinajstić information content (AvgIpc) is 3.05. The van der Waals surface area contributed by atoms with Gasteiger partial charge in [-0.25, -0.2) is 0 Å². The molecule has 0 saturated carbocycles. The molecule has 0 aliphatic carbocycles. The molecule has 0 saturated heterocycles. The average molecular weight is 328 g/mol. The number of nitro groups is 1. The van der Waals surface area contributed by atoms with Crippen LogP contribution in [-0.2, 0) is 6.54 Å². The van der Waals surface area contributed by atoms with Crippen molar-refractivity contribution in [3.8, 4) is 0 Å². The molecule has 1 aromatic heterocycles. The zero-order valence-corrected chi connectivity index (χ0v) is 13.3. The van der Waals surface area contributed by atoms with Gasteiger partial charge in [0.2, 0.25) is 0 Å². The number of hydrogen-bond acceptors (Lipinski definition) is 5. The van der Waals surface area contributed by atoms with Crippen molar-refractivity contribution in [2.45, 2.75) is 19.1 Å². The lowest BCUT2D eigenvalue weighted by molar-refractivity contribution is -0.385. The lowest BCUT2D eigenvalue weighted by Crippen LogP contribution is -2.37. The van der Waals surface area contributed by atoms with E-state index in [0.717, 1.165) is 19.5 Å². The molecule has 126 valence electrons. The van der Waals surface area contributed by atoms with Crippen molar-refractivity contribution in [2.24, 2.45) is 0 Å². The molecule has 1 N–H and O–H groups in total. The highest BCUT2D eigenvalue weighted by molar-refractivity contribution is 5.66. The second kappa shape index (κ2) is 7.37. The van der Waals surface area contributed by atoms with Crippen molar-refractivity contribution in [1.29, 1.82) is 0 Å². The molecule has 3 rings (SSSR count). The van der Waals surface area contributed by atoms with Crippen molar-refractivity contribution >= 4 is 11.3 Å². The third-order valence-electron chi connectivity index (χ3n) is 4.14. The highest BCUT2D eigenvalue weighted by Gasteiger charge is 2.17. The largest absolute Gasteiger partial charge is 0.390 e. The van der Waals surface area contributed by atoms with Gasteiger partial charge in [0.1, 0.15) is 12.4 Å². The Morgan fingerprint density at radius 3 is 2.71 bits per heavy atom. The van der Waals surface area contributed by atoms with Gasteiger partial charge in [-0.15, -0.1) is 0 Å². The van der Waals surface area contributed by atoms with E-state index in [9.17, 15) is 15.2 Å². The van der Waals surface area contributed by atoms with Crippen LogP contribution in [0.3, 0.4) is 0 Å². The number of β-amino-alcohol motifs (C(OH)–C–C–N with tert-alkyl or cyclic N) is 1. The monoisotopic (exact) mass is 328 g/mol. The maximum Gasteiger partial charge on any atom is 0.306 e. The van der Waals surface area contributed by atoms with Gasteiger partial charge < -0.3 is 5.11 Å². The van der Waals surface area contributed by atoms with E-state index < -0.39 is 11.0 Å². The SMILES string of the molecule is O=[N+]([O-])c1cnn(CC(O)CN2CC=C(c3ccccc3)CC2)c1. The van der Waals surface area contributed by atoms with Crippen molar-refractivity contribution in [2.75, 3.05) is 19.6 Å². The van der Waals surface area contributed by atoms with Crippen LogP contribution >= 0.6 is 0 Å². The van der Waals surface area contributed by atoms with E-state index in [-0.39, 0.29) is 12.2 Å². The second-order valence-corrected chi connectivity index (χ2v) is 5.94. The smallest absolute Gasteiger partial charge is 0.306 e. The Bertz CT molecular complexity index is 726. The number of aliphatic hydroxyl groups excluding tert-OH is 1. The van der Waals surface area contributed by atoms with Gasteiger partial charge in [-0.3, -0.25) is 19.7 Å². The Morgan fingerprint density at radius 1 is 1.29 bits per heavy atom. The van der Waals surface area contributed by atoms with Gasteiger partial charge in [-0.05, 0) is 17.6 Å². The second-order valence-electron chi connectivity index (χ2n) is 5.94. The molecular weight excluding hydrogens is 308 g/mol. The normalized spacial score (nSPS) is 16.6. The van der Waals surface area contributed by atoms with E-state index in [1.54, 1.807) is 0 Å². The summed E-state index contributed by atoms with van der Waals surface area (Å²) in [6, 6.07) is 10.3. The van der Waals surface area contributed by atoms with Crippen LogP contribution in [0, 0.1) is 10.1 Å². The van der Waals surface area contributed by atoms with Crippen LogP contribution in [0.5, 0.6) is 0 Å². The summed E-state index contributed by atoms with van der Waals surface area (Å²) in [5.74, 6) is 0. The fraction of sp³-hybridized carbons (Fsp3) is 0.353.